The average molecular weight is 489 g/mol. The summed E-state index contributed by atoms with van der Waals surface area (Å²) in [7, 11) is 0. The lowest BCUT2D eigenvalue weighted by Crippen LogP contribution is -2.14. The minimum atomic E-state index is -0.983. The van der Waals surface area contributed by atoms with Gasteiger partial charge in [-0.15, -0.1) is 0 Å². The molecule has 0 atom stereocenters. The Kier molecular flexibility index (Phi) is 5.17. The van der Waals surface area contributed by atoms with Gasteiger partial charge < -0.3 is 15.8 Å². The number of nitrogens with one attached hydrogen (secondary N) is 1. The van der Waals surface area contributed by atoms with E-state index in [1.807, 2.05) is 47.1 Å². The van der Waals surface area contributed by atoms with Crippen LogP contribution >= 0.6 is 0 Å². The maximum Gasteiger partial charge on any atom is 0.250 e. The molecule has 4 N–H and O–H groups in total. The van der Waals surface area contributed by atoms with E-state index in [1.165, 1.54) is 5.56 Å². The van der Waals surface area contributed by atoms with Crippen LogP contribution in [0.5, 0.6) is 0 Å². The lowest BCUT2D eigenvalue weighted by Gasteiger charge is -2.17. The fraction of sp³-hybridized carbons (Fsp3) is 0.161. The van der Waals surface area contributed by atoms with Crippen LogP contribution in [0.25, 0.3) is 43.8 Å². The Morgan fingerprint density at radius 3 is 2.59 bits per heavy atom. The molecule has 0 fully saturated rings. The highest BCUT2D eigenvalue weighted by Crippen LogP contribution is 2.39. The zero-order valence-corrected chi connectivity index (χ0v) is 21.0. The Balaban J connectivity index is 1.53. The molecule has 2 aromatic heterocycles. The number of nitrogens with two attached hydrogens (primary N) is 1. The molecule has 1 amide bonds. The first-order chi connectivity index (χ1) is 17.7. The highest BCUT2D eigenvalue weighted by Gasteiger charge is 2.21. The number of H-pyrrole nitrogens is 1. The third kappa shape index (κ3) is 3.86. The van der Waals surface area contributed by atoms with Gasteiger partial charge in [0.05, 0.1) is 28.7 Å². The van der Waals surface area contributed by atoms with Crippen molar-refractivity contribution in [3.63, 3.8) is 0 Å². The van der Waals surface area contributed by atoms with Gasteiger partial charge in [-0.3, -0.25) is 9.48 Å². The van der Waals surface area contributed by atoms with E-state index in [9.17, 15) is 9.90 Å². The Bertz CT molecular complexity index is 1800. The smallest absolute Gasteiger partial charge is 0.250 e. The van der Waals surface area contributed by atoms with E-state index in [-0.39, 0.29) is 0 Å². The SMILES string of the molecule is Cc1c(Cn2cc3ccccc3n2)cccc1-c1ccc(C(N)=O)c2[nH]c3cc(C(C)(C)O)ccc3c12. The Hall–Kier alpha value is -4.42. The molecule has 0 saturated carbocycles. The second kappa shape index (κ2) is 8.32. The van der Waals surface area contributed by atoms with Gasteiger partial charge >= 0.3 is 0 Å². The van der Waals surface area contributed by atoms with Crippen LogP contribution in [0.3, 0.4) is 0 Å². The van der Waals surface area contributed by atoms with Gasteiger partial charge in [-0.2, -0.15) is 5.10 Å². The van der Waals surface area contributed by atoms with Crippen molar-refractivity contribution < 1.29 is 9.90 Å². The van der Waals surface area contributed by atoms with Crippen molar-refractivity contribution in [2.24, 2.45) is 5.73 Å². The molecule has 0 bridgehead atoms. The zero-order valence-electron chi connectivity index (χ0n) is 21.0. The molecule has 6 rings (SSSR count). The van der Waals surface area contributed by atoms with Crippen LogP contribution in [-0.4, -0.2) is 25.8 Å². The van der Waals surface area contributed by atoms with Crippen molar-refractivity contribution in [3.05, 3.63) is 101 Å². The molecule has 6 nitrogen and oxygen atoms in total. The van der Waals surface area contributed by atoms with E-state index in [0.717, 1.165) is 49.4 Å². The van der Waals surface area contributed by atoms with Crippen molar-refractivity contribution in [2.45, 2.75) is 32.9 Å². The van der Waals surface area contributed by atoms with E-state index in [0.29, 0.717) is 17.6 Å². The number of aromatic nitrogens is 3. The molecular weight excluding hydrogens is 460 g/mol. The minimum absolute atomic E-state index is 0.441. The number of aromatic amines is 1. The van der Waals surface area contributed by atoms with Crippen molar-refractivity contribution >= 4 is 38.6 Å². The zero-order chi connectivity index (χ0) is 25.9. The number of hydrogen-bond acceptors (Lipinski definition) is 3. The number of benzene rings is 4. The van der Waals surface area contributed by atoms with Gasteiger partial charge in [0, 0.05) is 27.9 Å². The van der Waals surface area contributed by atoms with Crippen LogP contribution in [-0.2, 0) is 12.1 Å². The molecule has 0 saturated heterocycles. The van der Waals surface area contributed by atoms with Gasteiger partial charge in [0.15, 0.2) is 0 Å². The molecule has 0 spiro atoms. The van der Waals surface area contributed by atoms with Crippen molar-refractivity contribution in [2.75, 3.05) is 0 Å². The van der Waals surface area contributed by atoms with E-state index < -0.39 is 11.5 Å². The number of hydrogen-bond donors (Lipinski definition) is 3. The summed E-state index contributed by atoms with van der Waals surface area (Å²) in [6.45, 7) is 6.30. The van der Waals surface area contributed by atoms with E-state index in [2.05, 4.69) is 42.4 Å². The molecule has 0 radical (unpaired) electrons. The van der Waals surface area contributed by atoms with E-state index >= 15 is 0 Å². The number of rotatable bonds is 5. The fourth-order valence-electron chi connectivity index (χ4n) is 5.24. The number of nitrogens with zero attached hydrogens (tertiary/aromatic N) is 2. The number of fused-ring (bicyclic) bond motifs is 4. The summed E-state index contributed by atoms with van der Waals surface area (Å²) in [5.74, 6) is -0.484. The summed E-state index contributed by atoms with van der Waals surface area (Å²) in [4.78, 5) is 15.7. The lowest BCUT2D eigenvalue weighted by molar-refractivity contribution is 0.0787. The monoisotopic (exact) mass is 488 g/mol. The van der Waals surface area contributed by atoms with E-state index in [4.69, 9.17) is 10.8 Å². The first kappa shape index (κ1) is 23.0. The predicted octanol–water partition coefficient (Wildman–Crippen LogP) is 6.02. The summed E-state index contributed by atoms with van der Waals surface area (Å²) in [5.41, 5.74) is 13.0. The summed E-state index contributed by atoms with van der Waals surface area (Å²) >= 11 is 0. The number of primary amides is 1. The third-order valence-electron chi connectivity index (χ3n) is 7.26. The fourth-order valence-corrected chi connectivity index (χ4v) is 5.24. The van der Waals surface area contributed by atoms with Crippen molar-refractivity contribution in [1.82, 2.24) is 14.8 Å². The van der Waals surface area contributed by atoms with Crippen molar-refractivity contribution in [1.29, 1.82) is 0 Å². The summed E-state index contributed by atoms with van der Waals surface area (Å²) in [6, 6.07) is 24.1. The maximum atomic E-state index is 12.3. The van der Waals surface area contributed by atoms with Crippen molar-refractivity contribution in [3.8, 4) is 11.1 Å². The minimum Gasteiger partial charge on any atom is -0.386 e. The average Bonchev–Trinajstić information content (AvgIpc) is 3.44. The predicted molar refractivity (Wildman–Crippen MR) is 149 cm³/mol. The molecule has 0 unspecified atom stereocenters. The van der Waals surface area contributed by atoms with Crippen LogP contribution in [0.2, 0.25) is 0 Å². The molecule has 6 heteroatoms. The molecule has 0 aliphatic rings. The van der Waals surface area contributed by atoms with Crippen LogP contribution < -0.4 is 5.73 Å². The Labute approximate surface area is 214 Å². The molecule has 2 heterocycles. The van der Waals surface area contributed by atoms with Gasteiger partial charge in [0.1, 0.15) is 0 Å². The molecule has 184 valence electrons. The molecule has 4 aromatic carbocycles. The van der Waals surface area contributed by atoms with Crippen LogP contribution in [0.1, 0.15) is 40.9 Å². The standard InChI is InChI=1S/C31H28N4O2/c1-18-19(16-35-17-20-7-4-5-10-26(20)34-35)8-6-9-22(18)23-13-14-25(30(32)36)29-28(23)24-12-11-21(31(2,3)37)15-27(24)33-29/h4-15,17,33,37H,16H2,1-3H3,(H2,32,36). The summed E-state index contributed by atoms with van der Waals surface area (Å²) in [5, 5.41) is 18.3. The second-order valence-electron chi connectivity index (χ2n) is 10.2. The largest absolute Gasteiger partial charge is 0.386 e. The van der Waals surface area contributed by atoms with Crippen LogP contribution in [0.4, 0.5) is 0 Å². The molecule has 0 aliphatic heterocycles. The number of carbonyl (C=O) groups excluding carboxylic acids is 1. The first-order valence-electron chi connectivity index (χ1n) is 12.3. The van der Waals surface area contributed by atoms with Gasteiger partial charge in [-0.1, -0.05) is 54.6 Å². The third-order valence-corrected chi connectivity index (χ3v) is 7.26. The number of aliphatic hydroxyl groups is 1. The molecule has 0 aliphatic carbocycles. The molecular formula is C31H28N4O2. The summed E-state index contributed by atoms with van der Waals surface area (Å²) in [6.07, 6.45) is 2.07. The molecule has 6 aromatic rings. The van der Waals surface area contributed by atoms with Gasteiger partial charge in [0.2, 0.25) is 0 Å². The first-order valence-corrected chi connectivity index (χ1v) is 12.3. The van der Waals surface area contributed by atoms with Gasteiger partial charge in [-0.05, 0) is 66.8 Å². The van der Waals surface area contributed by atoms with Gasteiger partial charge in [0.25, 0.3) is 5.91 Å². The summed E-state index contributed by atoms with van der Waals surface area (Å²) < 4.78 is 1.98. The van der Waals surface area contributed by atoms with Crippen LogP contribution in [0, 0.1) is 6.92 Å². The van der Waals surface area contributed by atoms with Gasteiger partial charge in [-0.25, -0.2) is 0 Å². The highest BCUT2D eigenvalue weighted by atomic mass is 16.3. The topological polar surface area (TPSA) is 96.9 Å². The second-order valence-corrected chi connectivity index (χ2v) is 10.2. The number of amides is 1. The Morgan fingerprint density at radius 2 is 1.84 bits per heavy atom. The van der Waals surface area contributed by atoms with Crippen LogP contribution in [0.15, 0.2) is 79.0 Å². The van der Waals surface area contributed by atoms with E-state index in [1.54, 1.807) is 19.9 Å². The highest BCUT2D eigenvalue weighted by molar-refractivity contribution is 6.20. The quantitative estimate of drug-likeness (QED) is 0.277. The normalized spacial score (nSPS) is 12.1. The molecule has 37 heavy (non-hydrogen) atoms. The lowest BCUT2D eigenvalue weighted by atomic mass is 9.91. The number of carbonyl (C=O) groups is 1. The Morgan fingerprint density at radius 1 is 1.03 bits per heavy atom. The maximum absolute atomic E-state index is 12.3.